The van der Waals surface area contributed by atoms with Gasteiger partial charge in [0.1, 0.15) is 5.76 Å². The third-order valence-electron chi connectivity index (χ3n) is 2.78. The summed E-state index contributed by atoms with van der Waals surface area (Å²) in [5, 5.41) is 5.91. The first-order chi connectivity index (χ1) is 10.6. The van der Waals surface area contributed by atoms with Crippen LogP contribution in [0.15, 0.2) is 57.1 Å². The molecule has 0 N–H and O–H groups in total. The van der Waals surface area contributed by atoms with Gasteiger partial charge in [-0.2, -0.15) is 10.1 Å². The van der Waals surface area contributed by atoms with E-state index in [9.17, 15) is 4.79 Å². The molecule has 0 unspecified atom stereocenters. The molecule has 0 atom stereocenters. The van der Waals surface area contributed by atoms with Crippen molar-refractivity contribution in [2.24, 2.45) is 5.10 Å². The summed E-state index contributed by atoms with van der Waals surface area (Å²) in [6.45, 7) is 0. The summed E-state index contributed by atoms with van der Waals surface area (Å²) in [5.41, 5.74) is 0.875. The number of hydrazone groups is 1. The summed E-state index contributed by atoms with van der Waals surface area (Å²) in [5.74, 6) is 0.295. The van der Waals surface area contributed by atoms with Crippen molar-refractivity contribution in [1.82, 2.24) is 5.01 Å². The lowest BCUT2D eigenvalue weighted by Crippen LogP contribution is -2.22. The van der Waals surface area contributed by atoms with Gasteiger partial charge in [0.15, 0.2) is 4.32 Å². The van der Waals surface area contributed by atoms with Gasteiger partial charge >= 0.3 is 0 Å². The van der Waals surface area contributed by atoms with E-state index in [0.29, 0.717) is 20.0 Å². The van der Waals surface area contributed by atoms with E-state index in [4.69, 9.17) is 28.2 Å². The van der Waals surface area contributed by atoms with Gasteiger partial charge in [-0.05, 0) is 48.1 Å². The van der Waals surface area contributed by atoms with E-state index in [0.717, 1.165) is 5.56 Å². The lowest BCUT2D eigenvalue weighted by Gasteiger charge is -2.05. The Morgan fingerprint density at radius 3 is 2.73 bits per heavy atom. The van der Waals surface area contributed by atoms with Crippen molar-refractivity contribution in [3.63, 3.8) is 0 Å². The van der Waals surface area contributed by atoms with Crippen molar-refractivity contribution >= 4 is 58.1 Å². The molecule has 1 aliphatic heterocycles. The number of thioether (sulfide) groups is 1. The number of benzene rings is 1. The fourth-order valence-electron chi connectivity index (χ4n) is 1.75. The smallest absolute Gasteiger partial charge is 0.286 e. The van der Waals surface area contributed by atoms with Gasteiger partial charge in [-0.25, -0.2) is 0 Å². The van der Waals surface area contributed by atoms with E-state index in [1.54, 1.807) is 30.3 Å². The first-order valence-corrected chi connectivity index (χ1v) is 7.85. The monoisotopic (exact) mass is 348 g/mol. The third-order valence-corrected chi connectivity index (χ3v) is 4.32. The quantitative estimate of drug-likeness (QED) is 0.474. The molecule has 1 aromatic heterocycles. The molecule has 0 spiro atoms. The fourth-order valence-corrected chi connectivity index (χ4v) is 3.05. The highest BCUT2D eigenvalue weighted by Crippen LogP contribution is 2.32. The van der Waals surface area contributed by atoms with Crippen molar-refractivity contribution in [1.29, 1.82) is 0 Å². The first-order valence-electron chi connectivity index (χ1n) is 6.24. The minimum Gasteiger partial charge on any atom is -0.463 e. The average Bonchev–Trinajstić information content (AvgIpc) is 3.10. The summed E-state index contributed by atoms with van der Waals surface area (Å²) in [7, 11) is 0. The van der Waals surface area contributed by atoms with Crippen LogP contribution in [0.4, 0.5) is 0 Å². The average molecular weight is 349 g/mol. The lowest BCUT2D eigenvalue weighted by molar-refractivity contribution is -0.122. The summed E-state index contributed by atoms with van der Waals surface area (Å²) in [4.78, 5) is 12.8. The maximum atomic E-state index is 12.3. The Bertz CT molecular complexity index is 767. The maximum absolute atomic E-state index is 12.3. The molecule has 1 saturated heterocycles. The van der Waals surface area contributed by atoms with E-state index in [2.05, 4.69) is 5.10 Å². The van der Waals surface area contributed by atoms with E-state index >= 15 is 0 Å². The lowest BCUT2D eigenvalue weighted by atomic mass is 10.2. The van der Waals surface area contributed by atoms with Gasteiger partial charge in [0.05, 0.1) is 17.4 Å². The number of furan rings is 1. The van der Waals surface area contributed by atoms with Gasteiger partial charge in [-0.3, -0.25) is 4.79 Å². The van der Waals surface area contributed by atoms with Gasteiger partial charge in [-0.15, -0.1) is 0 Å². The Morgan fingerprint density at radius 1 is 1.27 bits per heavy atom. The molecule has 7 heteroatoms. The number of amides is 1. The predicted octanol–water partition coefficient (Wildman–Crippen LogP) is 4.17. The molecule has 3 rings (SSSR count). The zero-order chi connectivity index (χ0) is 15.5. The zero-order valence-corrected chi connectivity index (χ0v) is 13.5. The Balaban J connectivity index is 1.80. The maximum Gasteiger partial charge on any atom is 0.286 e. The van der Waals surface area contributed by atoms with Crippen molar-refractivity contribution in [2.45, 2.75) is 0 Å². The van der Waals surface area contributed by atoms with Crippen LogP contribution in [0.25, 0.3) is 6.08 Å². The fraction of sp³-hybridized carbons (Fsp3) is 0. The highest BCUT2D eigenvalue weighted by atomic mass is 35.5. The molecule has 2 aromatic rings. The summed E-state index contributed by atoms with van der Waals surface area (Å²) >= 11 is 12.2. The highest BCUT2D eigenvalue weighted by Gasteiger charge is 2.32. The van der Waals surface area contributed by atoms with Crippen LogP contribution in [0.5, 0.6) is 0 Å². The number of hydrogen-bond acceptors (Lipinski definition) is 5. The number of thiocarbonyl (C=S) groups is 1. The number of halogens is 1. The van der Waals surface area contributed by atoms with Crippen LogP contribution in [0.2, 0.25) is 5.02 Å². The molecule has 1 amide bonds. The molecule has 0 aliphatic carbocycles. The molecule has 0 radical (unpaired) electrons. The Labute approximate surface area is 141 Å². The van der Waals surface area contributed by atoms with Crippen LogP contribution in [0.1, 0.15) is 11.3 Å². The van der Waals surface area contributed by atoms with Crippen LogP contribution in [-0.4, -0.2) is 21.5 Å². The SMILES string of the molecule is O=C1/C(=C\c2ccc(Cl)cc2)SC(=S)N1/N=C/c1ccco1. The standard InChI is InChI=1S/C15H9ClN2O2S2/c16-11-5-3-10(4-6-11)8-13-14(19)18(15(21)22-13)17-9-12-2-1-7-20-12/h1-9H/b13-8+,17-9+. The van der Waals surface area contributed by atoms with Crippen molar-refractivity contribution < 1.29 is 9.21 Å². The third kappa shape index (κ3) is 3.30. The van der Waals surface area contributed by atoms with Crippen LogP contribution in [0, 0.1) is 0 Å². The minimum absolute atomic E-state index is 0.257. The zero-order valence-electron chi connectivity index (χ0n) is 11.1. The molecule has 0 bridgehead atoms. The van der Waals surface area contributed by atoms with E-state index in [1.807, 2.05) is 12.1 Å². The first kappa shape index (κ1) is 15.0. The normalized spacial score (nSPS) is 17.1. The second-order valence-electron chi connectivity index (χ2n) is 4.31. The molecule has 4 nitrogen and oxygen atoms in total. The van der Waals surface area contributed by atoms with E-state index < -0.39 is 0 Å². The van der Waals surface area contributed by atoms with Crippen LogP contribution in [0.3, 0.4) is 0 Å². The van der Waals surface area contributed by atoms with Crippen molar-refractivity contribution in [3.8, 4) is 0 Å². The topological polar surface area (TPSA) is 45.8 Å². The molecular weight excluding hydrogens is 340 g/mol. The number of hydrogen-bond donors (Lipinski definition) is 0. The number of rotatable bonds is 3. The van der Waals surface area contributed by atoms with Crippen molar-refractivity contribution in [2.75, 3.05) is 0 Å². The second kappa shape index (κ2) is 6.48. The van der Waals surface area contributed by atoms with Gasteiger partial charge < -0.3 is 4.42 Å². The predicted molar refractivity (Wildman–Crippen MR) is 92.8 cm³/mol. The number of nitrogens with zero attached hydrogens (tertiary/aromatic N) is 2. The van der Waals surface area contributed by atoms with Crippen LogP contribution >= 0.6 is 35.6 Å². The largest absolute Gasteiger partial charge is 0.463 e. The minimum atomic E-state index is -0.257. The summed E-state index contributed by atoms with van der Waals surface area (Å²) in [6.07, 6.45) is 4.75. The van der Waals surface area contributed by atoms with Crippen LogP contribution in [-0.2, 0) is 4.79 Å². The van der Waals surface area contributed by atoms with Gasteiger partial charge in [0.25, 0.3) is 5.91 Å². The van der Waals surface area contributed by atoms with Crippen LogP contribution < -0.4 is 0 Å². The summed E-state index contributed by atoms with van der Waals surface area (Å²) < 4.78 is 5.52. The molecule has 1 aromatic carbocycles. The van der Waals surface area contributed by atoms with Crippen molar-refractivity contribution in [3.05, 3.63) is 63.9 Å². The number of carbonyl (C=O) groups excluding carboxylic acids is 1. The van der Waals surface area contributed by atoms with Gasteiger partial charge in [-0.1, -0.05) is 35.5 Å². The Hall–Kier alpha value is -1.89. The summed E-state index contributed by atoms with van der Waals surface area (Å²) in [6, 6.07) is 10.7. The molecule has 2 heterocycles. The molecule has 22 heavy (non-hydrogen) atoms. The second-order valence-corrected chi connectivity index (χ2v) is 6.42. The molecular formula is C15H9ClN2O2S2. The Morgan fingerprint density at radius 2 is 2.05 bits per heavy atom. The van der Waals surface area contributed by atoms with E-state index in [1.165, 1.54) is 29.2 Å². The molecule has 0 saturated carbocycles. The molecule has 110 valence electrons. The Kier molecular flexibility index (Phi) is 4.42. The van der Waals surface area contributed by atoms with Gasteiger partial charge in [0.2, 0.25) is 0 Å². The van der Waals surface area contributed by atoms with E-state index in [-0.39, 0.29) is 5.91 Å². The molecule has 1 fully saturated rings. The molecule has 1 aliphatic rings. The number of carbonyl (C=O) groups is 1. The van der Waals surface area contributed by atoms with Gasteiger partial charge in [0, 0.05) is 5.02 Å². The highest BCUT2D eigenvalue weighted by molar-refractivity contribution is 8.26.